The van der Waals surface area contributed by atoms with Gasteiger partial charge in [0.15, 0.2) is 0 Å². The zero-order valence-corrected chi connectivity index (χ0v) is 28.8. The van der Waals surface area contributed by atoms with Crippen LogP contribution in [0.4, 0.5) is 5.69 Å². The summed E-state index contributed by atoms with van der Waals surface area (Å²) in [7, 11) is -3.95. The van der Waals surface area contributed by atoms with E-state index >= 15 is 0 Å². The second-order valence-corrected chi connectivity index (χ2v) is 16.8. The van der Waals surface area contributed by atoms with Crippen LogP contribution in [0.3, 0.4) is 0 Å². The largest absolute Gasteiger partial charge is 0.422 e. The first-order valence-corrected chi connectivity index (χ1v) is 18.3. The first kappa shape index (κ1) is 32.4. The summed E-state index contributed by atoms with van der Waals surface area (Å²) in [5, 5.41) is 1.74. The number of fused-ring (bicyclic) bond motifs is 3. The lowest BCUT2D eigenvalue weighted by molar-refractivity contribution is -0.197. The third-order valence-corrected chi connectivity index (χ3v) is 12.2. The Morgan fingerprint density at radius 2 is 1.73 bits per heavy atom. The molecule has 14 heteroatoms. The van der Waals surface area contributed by atoms with Crippen molar-refractivity contribution in [1.82, 2.24) is 14.8 Å². The topological polar surface area (TPSA) is 156 Å². The Labute approximate surface area is 281 Å². The molecule has 2 aromatic heterocycles. The fourth-order valence-electron chi connectivity index (χ4n) is 6.82. The van der Waals surface area contributed by atoms with E-state index in [-0.39, 0.29) is 48.0 Å². The fourth-order valence-corrected chi connectivity index (χ4v) is 9.00. The number of imide groups is 1. The molecule has 5 heterocycles. The number of amides is 2. The Bertz CT molecular complexity index is 2180. The van der Waals surface area contributed by atoms with Crippen LogP contribution in [0.1, 0.15) is 77.3 Å². The molecule has 48 heavy (non-hydrogen) atoms. The number of nitrogens with zero attached hydrogens (tertiary/aromatic N) is 3. The van der Waals surface area contributed by atoms with Gasteiger partial charge in [-0.1, -0.05) is 27.7 Å². The number of carbonyl (C=O) groups is 3. The number of benzene rings is 2. The molecule has 3 aliphatic rings. The first-order chi connectivity index (χ1) is 22.6. The minimum absolute atomic E-state index is 0.00586. The number of nitrogens with one attached hydrogen (secondary N) is 1. The van der Waals surface area contributed by atoms with Crippen LogP contribution < -0.4 is 15.2 Å². The molecule has 2 amide bonds. The van der Waals surface area contributed by atoms with Crippen LogP contribution in [0, 0.1) is 0 Å². The molecule has 0 atom stereocenters. The Hall–Kier alpha value is -4.14. The van der Waals surface area contributed by atoms with Crippen LogP contribution in [0.2, 0.25) is 0 Å². The van der Waals surface area contributed by atoms with Gasteiger partial charge in [0.2, 0.25) is 10.0 Å². The molecular formula is C34H36N4O8S2. The fraction of sp³-hybridized carbons (Fsp3) is 0.441. The highest BCUT2D eigenvalue weighted by molar-refractivity contribution is 7.89. The average molecular weight is 693 g/mol. The van der Waals surface area contributed by atoms with Crippen LogP contribution in [-0.4, -0.2) is 55.9 Å². The minimum atomic E-state index is -3.95. The molecule has 4 aromatic rings. The van der Waals surface area contributed by atoms with Crippen molar-refractivity contribution in [3.05, 3.63) is 51.9 Å². The van der Waals surface area contributed by atoms with Crippen molar-refractivity contribution in [2.45, 2.75) is 81.9 Å². The van der Waals surface area contributed by atoms with E-state index in [9.17, 15) is 27.6 Å². The van der Waals surface area contributed by atoms with Crippen molar-refractivity contribution in [3.8, 4) is 10.6 Å². The lowest BCUT2D eigenvalue weighted by Crippen LogP contribution is -2.44. The van der Waals surface area contributed by atoms with Gasteiger partial charge in [0, 0.05) is 55.5 Å². The number of aromatic nitrogens is 1. The molecule has 1 saturated heterocycles. The molecular weight excluding hydrogens is 657 g/mol. The van der Waals surface area contributed by atoms with Gasteiger partial charge in [-0.25, -0.2) is 27.7 Å². The van der Waals surface area contributed by atoms with E-state index in [1.807, 2.05) is 6.07 Å². The standard InChI is InChI=1S/C34H36N4O8S2/c1-33(2)11-14-37-15-12-34(3,4)28-29(37)22(33)17-19-16-21(32(42)45-30(19)28)31-36-23-8-7-20(18-24(23)47-31)48(43,44)35-13-5-6-27(41)46-38-25(39)9-10-26(38)40/h7-8,16-18,35H,5-6,9-15H2,1-4H3. The Kier molecular flexibility index (Phi) is 7.76. The number of anilines is 1. The van der Waals surface area contributed by atoms with Gasteiger partial charge in [0.1, 0.15) is 10.6 Å². The molecule has 252 valence electrons. The van der Waals surface area contributed by atoms with Crippen LogP contribution in [-0.2, 0) is 40.1 Å². The summed E-state index contributed by atoms with van der Waals surface area (Å²) in [6, 6.07) is 8.54. The highest BCUT2D eigenvalue weighted by Crippen LogP contribution is 2.51. The van der Waals surface area contributed by atoms with Gasteiger partial charge in [-0.15, -0.1) is 16.4 Å². The summed E-state index contributed by atoms with van der Waals surface area (Å²) in [5.74, 6) is -1.96. The second-order valence-electron chi connectivity index (χ2n) is 14.0. The zero-order valence-electron chi connectivity index (χ0n) is 27.2. The number of sulfonamides is 1. The van der Waals surface area contributed by atoms with Crippen LogP contribution >= 0.6 is 11.3 Å². The summed E-state index contributed by atoms with van der Waals surface area (Å²) >= 11 is 1.21. The van der Waals surface area contributed by atoms with Gasteiger partial charge in [-0.2, -0.15) is 0 Å². The minimum Gasteiger partial charge on any atom is -0.422 e. The molecule has 2 aromatic carbocycles. The van der Waals surface area contributed by atoms with E-state index in [1.54, 1.807) is 6.07 Å². The highest BCUT2D eigenvalue weighted by Gasteiger charge is 2.42. The van der Waals surface area contributed by atoms with Gasteiger partial charge in [0.05, 0.1) is 20.7 Å². The van der Waals surface area contributed by atoms with Crippen molar-refractivity contribution in [2.75, 3.05) is 24.5 Å². The molecule has 3 aliphatic heterocycles. The lowest BCUT2D eigenvalue weighted by Gasteiger charge is -2.48. The molecule has 0 unspecified atom stereocenters. The highest BCUT2D eigenvalue weighted by atomic mass is 32.2. The molecule has 0 saturated carbocycles. The summed E-state index contributed by atoms with van der Waals surface area (Å²) in [4.78, 5) is 60.7. The van der Waals surface area contributed by atoms with Crippen molar-refractivity contribution in [1.29, 1.82) is 0 Å². The summed E-state index contributed by atoms with van der Waals surface area (Å²) in [6.07, 6.45) is 1.87. The normalized spacial score (nSPS) is 18.5. The van der Waals surface area contributed by atoms with Crippen molar-refractivity contribution in [2.24, 2.45) is 0 Å². The quantitative estimate of drug-likeness (QED) is 0.153. The molecule has 1 fully saturated rings. The van der Waals surface area contributed by atoms with Gasteiger partial charge in [-0.05, 0) is 66.0 Å². The van der Waals surface area contributed by atoms with Crippen LogP contribution in [0.15, 0.2) is 44.4 Å². The monoisotopic (exact) mass is 692 g/mol. The van der Waals surface area contributed by atoms with E-state index in [0.717, 1.165) is 36.9 Å². The van der Waals surface area contributed by atoms with Gasteiger partial charge >= 0.3 is 11.6 Å². The molecule has 12 nitrogen and oxygen atoms in total. The van der Waals surface area contributed by atoms with Crippen molar-refractivity contribution >= 4 is 66.0 Å². The molecule has 7 rings (SSSR count). The maximum atomic E-state index is 13.5. The van der Waals surface area contributed by atoms with Crippen molar-refractivity contribution in [3.63, 3.8) is 0 Å². The summed E-state index contributed by atoms with van der Waals surface area (Å²) < 4.78 is 35.3. The van der Waals surface area contributed by atoms with Crippen LogP contribution in [0.25, 0.3) is 31.8 Å². The van der Waals surface area contributed by atoms with E-state index in [1.165, 1.54) is 34.7 Å². The Morgan fingerprint density at radius 1 is 1.02 bits per heavy atom. The number of hydroxylamine groups is 2. The Morgan fingerprint density at radius 3 is 2.46 bits per heavy atom. The van der Waals surface area contributed by atoms with Gasteiger partial charge in [0.25, 0.3) is 11.8 Å². The van der Waals surface area contributed by atoms with Crippen molar-refractivity contribution < 1.29 is 32.1 Å². The maximum absolute atomic E-state index is 13.5. The molecule has 0 bridgehead atoms. The summed E-state index contributed by atoms with van der Waals surface area (Å²) in [6.45, 7) is 10.8. The smallest absolute Gasteiger partial charge is 0.346 e. The second kappa shape index (κ2) is 11.5. The predicted molar refractivity (Wildman–Crippen MR) is 180 cm³/mol. The molecule has 1 N–H and O–H groups in total. The number of hydrogen-bond donors (Lipinski definition) is 1. The third-order valence-electron chi connectivity index (χ3n) is 9.68. The number of rotatable bonds is 8. The first-order valence-electron chi connectivity index (χ1n) is 16.0. The predicted octanol–water partition coefficient (Wildman–Crippen LogP) is 4.90. The lowest BCUT2D eigenvalue weighted by atomic mass is 9.69. The third kappa shape index (κ3) is 5.59. The van der Waals surface area contributed by atoms with E-state index in [4.69, 9.17) is 9.25 Å². The van der Waals surface area contributed by atoms with Gasteiger partial charge in [-0.3, -0.25) is 9.59 Å². The van der Waals surface area contributed by atoms with E-state index in [2.05, 4.69) is 48.4 Å². The SMILES string of the molecule is CC1(C)CCN2CCC(C)(C)c3c2c1cc1cc(-c2nc4ccc(S(=O)(=O)NCCCC(=O)ON5C(=O)CCC5=O)cc4s2)c(=O)oc31. The van der Waals surface area contributed by atoms with E-state index < -0.39 is 33.4 Å². The molecule has 0 spiro atoms. The molecule has 0 aliphatic carbocycles. The van der Waals surface area contributed by atoms with Crippen LogP contribution in [0.5, 0.6) is 0 Å². The Balaban J connectivity index is 1.13. The number of thiazole rings is 1. The van der Waals surface area contributed by atoms with Gasteiger partial charge < -0.3 is 14.2 Å². The number of hydrogen-bond acceptors (Lipinski definition) is 11. The number of carbonyl (C=O) groups excluding carboxylic acids is 3. The summed E-state index contributed by atoms with van der Waals surface area (Å²) in [5.41, 5.74) is 4.30. The maximum Gasteiger partial charge on any atom is 0.346 e. The zero-order chi connectivity index (χ0) is 34.2. The molecule has 0 radical (unpaired) electrons. The van der Waals surface area contributed by atoms with E-state index in [0.29, 0.717) is 31.4 Å². The average Bonchev–Trinajstić information content (AvgIpc) is 3.59.